The van der Waals surface area contributed by atoms with Crippen LogP contribution in [0.4, 0.5) is 5.69 Å². The van der Waals surface area contributed by atoms with E-state index in [1.165, 1.54) is 23.5 Å². The van der Waals surface area contributed by atoms with Gasteiger partial charge in [0.05, 0.1) is 16.9 Å². The van der Waals surface area contributed by atoms with E-state index in [-0.39, 0.29) is 40.8 Å². The van der Waals surface area contributed by atoms with E-state index in [1.54, 1.807) is 0 Å². The highest BCUT2D eigenvalue weighted by molar-refractivity contribution is 7.89. The lowest BCUT2D eigenvalue weighted by Gasteiger charge is -2.37. The topological polar surface area (TPSA) is 102 Å². The first-order chi connectivity index (χ1) is 10.3. The number of nitrogens with zero attached hydrogens (tertiary/aromatic N) is 2. The fraction of sp³-hybridized carbons (Fsp3) is 0.538. The Bertz CT molecular complexity index is 682. The zero-order valence-electron chi connectivity index (χ0n) is 13.1. The Hall–Kier alpha value is -1.42. The molecule has 130 valence electrons. The Kier molecular flexibility index (Phi) is 6.34. The zero-order valence-corrected chi connectivity index (χ0v) is 14.7. The zero-order chi connectivity index (χ0) is 16.5. The predicted octanol–water partition coefficient (Wildman–Crippen LogP) is 1.40. The Labute approximate surface area is 141 Å². The van der Waals surface area contributed by atoms with E-state index in [0.29, 0.717) is 13.1 Å². The Morgan fingerprint density at radius 2 is 2.04 bits per heavy atom. The Balaban J connectivity index is 0.00000264. The van der Waals surface area contributed by atoms with Gasteiger partial charge in [0.15, 0.2) is 5.75 Å². The molecule has 0 bridgehead atoms. The van der Waals surface area contributed by atoms with Gasteiger partial charge in [0.1, 0.15) is 0 Å². The summed E-state index contributed by atoms with van der Waals surface area (Å²) in [4.78, 5) is 10.3. The smallest absolute Gasteiger partial charge is 0.310 e. The third-order valence-electron chi connectivity index (χ3n) is 3.93. The maximum absolute atomic E-state index is 12.8. The minimum absolute atomic E-state index is 0. The van der Waals surface area contributed by atoms with Gasteiger partial charge in [0.2, 0.25) is 10.0 Å². The number of sulfonamides is 1. The van der Waals surface area contributed by atoms with Crippen molar-refractivity contribution < 1.29 is 18.1 Å². The first-order valence-electron chi connectivity index (χ1n) is 6.86. The third kappa shape index (κ3) is 3.74. The molecule has 10 heteroatoms. The summed E-state index contributed by atoms with van der Waals surface area (Å²) in [6, 6.07) is 3.42. The van der Waals surface area contributed by atoms with Crippen molar-refractivity contribution in [2.45, 2.75) is 30.8 Å². The van der Waals surface area contributed by atoms with Crippen LogP contribution in [0.2, 0.25) is 0 Å². The molecular weight excluding hydrogens is 346 g/mol. The summed E-state index contributed by atoms with van der Waals surface area (Å²) in [6.07, 6.45) is 0. The average Bonchev–Trinajstić information content (AvgIpc) is 2.48. The number of hydrogen-bond donors (Lipinski definition) is 1. The molecule has 23 heavy (non-hydrogen) atoms. The quantitative estimate of drug-likeness (QED) is 0.639. The molecule has 1 saturated heterocycles. The van der Waals surface area contributed by atoms with Gasteiger partial charge < -0.3 is 10.1 Å². The number of halogens is 1. The number of benzene rings is 1. The molecule has 1 aromatic rings. The minimum Gasteiger partial charge on any atom is -0.490 e. The summed E-state index contributed by atoms with van der Waals surface area (Å²) in [5.74, 6) is -0.0677. The van der Waals surface area contributed by atoms with Crippen molar-refractivity contribution in [2.24, 2.45) is 0 Å². The lowest BCUT2D eigenvalue weighted by molar-refractivity contribution is -0.385. The van der Waals surface area contributed by atoms with E-state index < -0.39 is 14.9 Å². The molecule has 0 amide bonds. The van der Waals surface area contributed by atoms with Crippen LogP contribution in [0.3, 0.4) is 0 Å². The molecule has 2 rings (SSSR count). The van der Waals surface area contributed by atoms with Gasteiger partial charge in [0, 0.05) is 37.3 Å². The first kappa shape index (κ1) is 19.6. The monoisotopic (exact) mass is 365 g/mol. The van der Waals surface area contributed by atoms with Crippen molar-refractivity contribution in [3.8, 4) is 5.75 Å². The highest BCUT2D eigenvalue weighted by atomic mass is 35.5. The molecule has 0 aromatic heterocycles. The van der Waals surface area contributed by atoms with Crippen LogP contribution in [0.5, 0.6) is 5.75 Å². The van der Waals surface area contributed by atoms with E-state index in [1.807, 2.05) is 13.8 Å². The van der Waals surface area contributed by atoms with Crippen molar-refractivity contribution in [3.63, 3.8) is 0 Å². The molecular formula is C13H20ClN3O5S. The van der Waals surface area contributed by atoms with Gasteiger partial charge in [-0.15, -0.1) is 12.4 Å². The summed E-state index contributed by atoms with van der Waals surface area (Å²) in [5, 5.41) is 14.1. The molecule has 1 aliphatic heterocycles. The molecule has 1 aliphatic rings. The van der Waals surface area contributed by atoms with Gasteiger partial charge in [-0.1, -0.05) is 0 Å². The van der Waals surface area contributed by atoms with Crippen molar-refractivity contribution >= 4 is 28.1 Å². The van der Waals surface area contributed by atoms with E-state index >= 15 is 0 Å². The summed E-state index contributed by atoms with van der Waals surface area (Å²) in [5.41, 5.74) is -0.261. The molecule has 1 aromatic carbocycles. The van der Waals surface area contributed by atoms with Crippen molar-refractivity contribution in [1.82, 2.24) is 9.62 Å². The number of ether oxygens (including phenoxy) is 1. The molecule has 0 aliphatic carbocycles. The number of nitro benzene ring substituents is 1. The molecule has 0 radical (unpaired) electrons. The summed E-state index contributed by atoms with van der Waals surface area (Å²) in [7, 11) is -2.46. The molecule has 0 saturated carbocycles. The Morgan fingerprint density at radius 3 is 2.61 bits per heavy atom. The van der Waals surface area contributed by atoms with Crippen LogP contribution >= 0.6 is 12.4 Å². The number of methoxy groups -OCH3 is 1. The van der Waals surface area contributed by atoms with Gasteiger partial charge in [-0.2, -0.15) is 4.31 Å². The van der Waals surface area contributed by atoms with Crippen molar-refractivity contribution in [3.05, 3.63) is 28.3 Å². The number of rotatable bonds is 4. The average molecular weight is 366 g/mol. The van der Waals surface area contributed by atoms with Crippen molar-refractivity contribution in [2.75, 3.05) is 20.2 Å². The van der Waals surface area contributed by atoms with E-state index in [4.69, 9.17) is 4.74 Å². The van der Waals surface area contributed by atoms with Crippen molar-refractivity contribution in [1.29, 1.82) is 0 Å². The van der Waals surface area contributed by atoms with Crippen LogP contribution in [-0.4, -0.2) is 49.9 Å². The summed E-state index contributed by atoms with van der Waals surface area (Å²) >= 11 is 0. The molecule has 1 fully saturated rings. The standard InChI is InChI=1S/C13H19N3O5S.ClH/c1-9-10(2)15(7-6-14-9)22(19,20)11-4-5-12(16(17)18)13(8-11)21-3;/h4-5,8-10,14H,6-7H2,1-3H3;1H. The highest BCUT2D eigenvalue weighted by Crippen LogP contribution is 2.31. The van der Waals surface area contributed by atoms with Crippen LogP contribution in [0, 0.1) is 10.1 Å². The van der Waals surface area contributed by atoms with Gasteiger partial charge in [-0.25, -0.2) is 8.42 Å². The van der Waals surface area contributed by atoms with Gasteiger partial charge in [-0.05, 0) is 19.9 Å². The first-order valence-corrected chi connectivity index (χ1v) is 8.30. The van der Waals surface area contributed by atoms with Crippen LogP contribution in [0.15, 0.2) is 23.1 Å². The lowest BCUT2D eigenvalue weighted by Crippen LogP contribution is -2.57. The van der Waals surface area contributed by atoms with Crippen LogP contribution < -0.4 is 10.1 Å². The fourth-order valence-electron chi connectivity index (χ4n) is 2.47. The van der Waals surface area contributed by atoms with E-state index in [0.717, 1.165) is 6.07 Å². The summed E-state index contributed by atoms with van der Waals surface area (Å²) in [6.45, 7) is 4.67. The Morgan fingerprint density at radius 1 is 1.39 bits per heavy atom. The maximum Gasteiger partial charge on any atom is 0.310 e. The van der Waals surface area contributed by atoms with E-state index in [9.17, 15) is 18.5 Å². The number of nitrogens with one attached hydrogen (secondary N) is 1. The summed E-state index contributed by atoms with van der Waals surface area (Å²) < 4.78 is 31.9. The minimum atomic E-state index is -3.73. The normalized spacial score (nSPS) is 22.2. The van der Waals surface area contributed by atoms with Crippen LogP contribution in [0.1, 0.15) is 13.8 Å². The highest BCUT2D eigenvalue weighted by Gasteiger charge is 2.35. The van der Waals surface area contributed by atoms with E-state index in [2.05, 4.69) is 5.32 Å². The number of hydrogen-bond acceptors (Lipinski definition) is 6. The van der Waals surface area contributed by atoms with Gasteiger partial charge >= 0.3 is 5.69 Å². The van der Waals surface area contributed by atoms with Crippen LogP contribution in [-0.2, 0) is 10.0 Å². The number of piperazine rings is 1. The molecule has 2 atom stereocenters. The SMILES string of the molecule is COc1cc(S(=O)(=O)N2CCNC(C)C2C)ccc1[N+](=O)[O-].Cl. The molecule has 2 unspecified atom stereocenters. The second-order valence-electron chi connectivity index (χ2n) is 5.19. The number of nitro groups is 1. The molecule has 0 spiro atoms. The van der Waals surface area contributed by atoms with Gasteiger partial charge in [0.25, 0.3) is 0 Å². The predicted molar refractivity (Wildman–Crippen MR) is 87.7 cm³/mol. The fourth-order valence-corrected chi connectivity index (χ4v) is 4.19. The second kappa shape index (κ2) is 7.43. The third-order valence-corrected chi connectivity index (χ3v) is 5.91. The molecule has 8 nitrogen and oxygen atoms in total. The van der Waals surface area contributed by atoms with Gasteiger partial charge in [-0.3, -0.25) is 10.1 Å². The largest absolute Gasteiger partial charge is 0.490 e. The lowest BCUT2D eigenvalue weighted by atomic mass is 10.1. The maximum atomic E-state index is 12.8. The molecule has 1 N–H and O–H groups in total. The molecule has 1 heterocycles. The van der Waals surface area contributed by atoms with Crippen LogP contribution in [0.25, 0.3) is 0 Å². The second-order valence-corrected chi connectivity index (χ2v) is 7.08.